The summed E-state index contributed by atoms with van der Waals surface area (Å²) < 4.78 is 9.11. The number of carbonyl (C=O) groups excluding carboxylic acids is 2. The highest BCUT2D eigenvalue weighted by atomic mass is 16.5. The Bertz CT molecular complexity index is 1610. The van der Waals surface area contributed by atoms with Gasteiger partial charge < -0.3 is 9.30 Å². The number of hydrogen-bond donors (Lipinski definition) is 0. The highest BCUT2D eigenvalue weighted by Crippen LogP contribution is 2.37. The van der Waals surface area contributed by atoms with Crippen LogP contribution < -0.4 is 0 Å². The Morgan fingerprint density at radius 2 is 1.93 bits per heavy atom. The van der Waals surface area contributed by atoms with Crippen molar-refractivity contribution in [2.45, 2.75) is 76.3 Å². The molecule has 0 N–H and O–H groups in total. The second kappa shape index (κ2) is 12.3. The predicted octanol–water partition coefficient (Wildman–Crippen LogP) is 5.81. The number of ketones is 1. The van der Waals surface area contributed by atoms with Crippen LogP contribution >= 0.6 is 0 Å². The van der Waals surface area contributed by atoms with E-state index in [0.717, 1.165) is 65.5 Å². The Balaban J connectivity index is 1.25. The number of rotatable bonds is 10. The van der Waals surface area contributed by atoms with E-state index >= 15 is 0 Å². The molecule has 3 heterocycles. The van der Waals surface area contributed by atoms with Gasteiger partial charge in [0.25, 0.3) is 0 Å². The van der Waals surface area contributed by atoms with Crippen LogP contribution in [0.2, 0.25) is 0 Å². The van der Waals surface area contributed by atoms with Gasteiger partial charge in [0.05, 0.1) is 43.5 Å². The number of methoxy groups -OCH3 is 1. The van der Waals surface area contributed by atoms with Gasteiger partial charge in [-0.25, -0.2) is 9.97 Å². The van der Waals surface area contributed by atoms with Gasteiger partial charge >= 0.3 is 5.97 Å². The molecular weight excluding hydrogens is 528 g/mol. The maximum atomic E-state index is 13.0. The van der Waals surface area contributed by atoms with Gasteiger partial charge in [0.15, 0.2) is 0 Å². The molecule has 3 atom stereocenters. The van der Waals surface area contributed by atoms with E-state index in [9.17, 15) is 14.9 Å². The third kappa shape index (κ3) is 5.58. The summed E-state index contributed by atoms with van der Waals surface area (Å²) in [7, 11) is 1.41. The van der Waals surface area contributed by atoms with Crippen LogP contribution in [0.25, 0.3) is 22.3 Å². The molecule has 2 saturated carbocycles. The summed E-state index contributed by atoms with van der Waals surface area (Å²) in [6.45, 7) is 0.359. The topological polar surface area (TPSA) is 116 Å². The molecule has 0 spiro atoms. The molecule has 2 unspecified atom stereocenters. The fourth-order valence-electron chi connectivity index (χ4n) is 6.86. The number of Topliss-reactive ketones (excluding diaryl/α,β-unsaturated/α-hetero) is 1. The van der Waals surface area contributed by atoms with Gasteiger partial charge in [0.1, 0.15) is 17.8 Å². The summed E-state index contributed by atoms with van der Waals surface area (Å²) in [4.78, 5) is 34.2. The number of ether oxygens (including phenoxy) is 1. The largest absolute Gasteiger partial charge is 0.468 e. The smallest absolute Gasteiger partial charge is 0.314 e. The van der Waals surface area contributed by atoms with Crippen molar-refractivity contribution in [3.8, 4) is 17.3 Å². The first-order valence-corrected chi connectivity index (χ1v) is 15.0. The molecular formula is C33H36N6O3. The number of nitrogens with zero attached hydrogens (tertiary/aromatic N) is 6. The second-order valence-corrected chi connectivity index (χ2v) is 11.7. The van der Waals surface area contributed by atoms with E-state index in [0.29, 0.717) is 31.1 Å². The number of nitriles is 1. The highest BCUT2D eigenvalue weighted by molar-refractivity contribution is 5.90. The van der Waals surface area contributed by atoms with Crippen LogP contribution in [0, 0.1) is 23.2 Å². The van der Waals surface area contributed by atoms with Crippen molar-refractivity contribution in [3.05, 3.63) is 66.4 Å². The van der Waals surface area contributed by atoms with Crippen LogP contribution in [0.5, 0.6) is 0 Å². The average Bonchev–Trinajstić information content (AvgIpc) is 3.84. The molecule has 0 aliphatic heterocycles. The molecule has 0 bridgehead atoms. The number of aromatic nitrogens is 5. The van der Waals surface area contributed by atoms with Gasteiger partial charge in [-0.15, -0.1) is 0 Å². The van der Waals surface area contributed by atoms with Crippen molar-refractivity contribution in [3.63, 3.8) is 0 Å². The zero-order chi connectivity index (χ0) is 29.1. The Morgan fingerprint density at radius 1 is 1.12 bits per heavy atom. The Morgan fingerprint density at radius 3 is 2.64 bits per heavy atom. The van der Waals surface area contributed by atoms with Crippen LogP contribution in [-0.2, 0) is 27.3 Å². The first-order chi connectivity index (χ1) is 20.6. The molecule has 4 aromatic rings. The summed E-state index contributed by atoms with van der Waals surface area (Å²) in [5, 5.41) is 15.0. The molecule has 0 amide bonds. The van der Waals surface area contributed by atoms with Gasteiger partial charge in [0.2, 0.25) is 0 Å². The molecule has 2 aliphatic rings. The SMILES string of the molecule is COC(=O)C(Cn1ccc2c(-c3cnn([C@H](CC#N)C4CCCC4)c3)ncnc21)c1ccc(CC2CCCC2=O)cc1. The summed E-state index contributed by atoms with van der Waals surface area (Å²) in [6, 6.07) is 12.4. The fraction of sp³-hybridized carbons (Fsp3) is 0.455. The normalized spacial score (nSPS) is 18.8. The lowest BCUT2D eigenvalue weighted by molar-refractivity contribution is -0.142. The number of hydrogen-bond acceptors (Lipinski definition) is 7. The van der Waals surface area contributed by atoms with Crippen LogP contribution in [0.15, 0.2) is 55.2 Å². The molecule has 6 rings (SSSR count). The van der Waals surface area contributed by atoms with Crippen LogP contribution in [0.3, 0.4) is 0 Å². The maximum Gasteiger partial charge on any atom is 0.314 e. The van der Waals surface area contributed by atoms with E-state index in [2.05, 4.69) is 21.1 Å². The van der Waals surface area contributed by atoms with E-state index in [1.165, 1.54) is 20.0 Å². The second-order valence-electron chi connectivity index (χ2n) is 11.7. The van der Waals surface area contributed by atoms with Crippen molar-refractivity contribution < 1.29 is 14.3 Å². The minimum absolute atomic E-state index is 0.0685. The van der Waals surface area contributed by atoms with Gasteiger partial charge in [-0.05, 0) is 55.2 Å². The zero-order valence-electron chi connectivity index (χ0n) is 24.0. The molecule has 42 heavy (non-hydrogen) atoms. The lowest BCUT2D eigenvalue weighted by atomic mass is 9.93. The number of esters is 1. The van der Waals surface area contributed by atoms with Gasteiger partial charge in [-0.1, -0.05) is 37.1 Å². The standard InChI is InChI=1S/C33H36N6O3/c1-42-33(41)28(23-11-9-22(10-12-23)17-25-7-4-8-30(25)40)20-38-16-14-27-31(35-21-36-32(27)38)26-18-37-39(19-26)29(13-15-34)24-5-2-3-6-24/h9-12,14,16,18-19,21,24-25,28-29H,2-8,13,17,20H2,1H3/t25?,28?,29-/m1/s1. The quantitative estimate of drug-likeness (QED) is 0.223. The summed E-state index contributed by atoms with van der Waals surface area (Å²) >= 11 is 0. The van der Waals surface area contributed by atoms with E-state index in [-0.39, 0.29) is 17.9 Å². The highest BCUT2D eigenvalue weighted by Gasteiger charge is 2.28. The third-order valence-corrected chi connectivity index (χ3v) is 9.18. The first-order valence-electron chi connectivity index (χ1n) is 15.0. The van der Waals surface area contributed by atoms with Crippen LogP contribution in [0.1, 0.15) is 74.5 Å². The van der Waals surface area contributed by atoms with E-state index in [1.54, 1.807) is 6.33 Å². The lowest BCUT2D eigenvalue weighted by Gasteiger charge is -2.21. The van der Waals surface area contributed by atoms with Gasteiger partial charge in [-0.3, -0.25) is 14.3 Å². The molecule has 3 aromatic heterocycles. The van der Waals surface area contributed by atoms with Crippen molar-refractivity contribution in [1.29, 1.82) is 5.26 Å². The van der Waals surface area contributed by atoms with Crippen LogP contribution in [-0.4, -0.2) is 43.2 Å². The molecule has 1 aromatic carbocycles. The third-order valence-electron chi connectivity index (χ3n) is 9.18. The molecule has 0 radical (unpaired) electrons. The average molecular weight is 565 g/mol. The van der Waals surface area contributed by atoms with Crippen molar-refractivity contribution in [2.75, 3.05) is 7.11 Å². The van der Waals surface area contributed by atoms with Crippen molar-refractivity contribution >= 4 is 22.8 Å². The molecule has 9 heteroatoms. The summed E-state index contributed by atoms with van der Waals surface area (Å²) in [5.41, 5.74) is 4.34. The molecule has 2 fully saturated rings. The Labute approximate surface area is 245 Å². The number of fused-ring (bicyclic) bond motifs is 1. The maximum absolute atomic E-state index is 13.0. The van der Waals surface area contributed by atoms with Gasteiger partial charge in [0, 0.05) is 42.2 Å². The van der Waals surface area contributed by atoms with Crippen molar-refractivity contribution in [1.82, 2.24) is 24.3 Å². The predicted molar refractivity (Wildman–Crippen MR) is 157 cm³/mol. The van der Waals surface area contributed by atoms with E-state index < -0.39 is 5.92 Å². The number of carbonyl (C=O) groups is 2. The lowest BCUT2D eigenvalue weighted by Crippen LogP contribution is -2.20. The van der Waals surface area contributed by atoms with Gasteiger partial charge in [-0.2, -0.15) is 10.4 Å². The summed E-state index contributed by atoms with van der Waals surface area (Å²) in [6.07, 6.45) is 15.8. The Hall–Kier alpha value is -4.32. The monoisotopic (exact) mass is 564 g/mol. The van der Waals surface area contributed by atoms with E-state index in [1.807, 2.05) is 58.2 Å². The number of benzene rings is 1. The first kappa shape index (κ1) is 27.8. The molecule has 2 aliphatic carbocycles. The molecule has 0 saturated heterocycles. The van der Waals surface area contributed by atoms with Crippen LogP contribution in [0.4, 0.5) is 0 Å². The summed E-state index contributed by atoms with van der Waals surface area (Å²) in [5.74, 6) is 0.0991. The minimum Gasteiger partial charge on any atom is -0.468 e. The zero-order valence-corrected chi connectivity index (χ0v) is 24.0. The molecule has 9 nitrogen and oxygen atoms in total. The fourth-order valence-corrected chi connectivity index (χ4v) is 6.86. The molecule has 216 valence electrons. The van der Waals surface area contributed by atoms with Crippen molar-refractivity contribution in [2.24, 2.45) is 11.8 Å². The Kier molecular flexibility index (Phi) is 8.13. The van der Waals surface area contributed by atoms with E-state index in [4.69, 9.17) is 4.74 Å². The minimum atomic E-state index is -0.521.